The Bertz CT molecular complexity index is 515. The third-order valence-corrected chi connectivity index (χ3v) is 1.42. The number of ketones is 1. The summed E-state index contributed by atoms with van der Waals surface area (Å²) in [4.78, 5) is 9.44. The van der Waals surface area contributed by atoms with Crippen LogP contribution in [0.3, 0.4) is 0 Å². The van der Waals surface area contributed by atoms with Gasteiger partial charge in [0.2, 0.25) is 0 Å². The van der Waals surface area contributed by atoms with Gasteiger partial charge in [0.1, 0.15) is 15.6 Å². The predicted molar refractivity (Wildman–Crippen MR) is 185 cm³/mol. The van der Waals surface area contributed by atoms with E-state index >= 15 is 0 Å². The molecule has 0 aromatic carbocycles. The molecule has 4 nitrogen and oxygen atoms in total. The predicted octanol–water partition coefficient (Wildman–Crippen LogP) is 12.4. The fourth-order valence-corrected chi connectivity index (χ4v) is 0.161. The first-order chi connectivity index (χ1) is 18.3. The number of methoxy groups -OCH3 is 1. The average Bonchev–Trinajstić information content (AvgIpc) is 2.68. The molecule has 0 saturated carbocycles. The van der Waals surface area contributed by atoms with E-state index in [2.05, 4.69) is 60.1 Å². The molecule has 44 heavy (non-hydrogen) atoms. The smallest absolute Gasteiger partial charge is 0.388 e. The maximum Gasteiger partial charge on any atom is 0.402 e. The lowest BCUT2D eigenvalue weighted by Gasteiger charge is -2.29. The minimum absolute atomic E-state index is 0. The van der Waals surface area contributed by atoms with Crippen molar-refractivity contribution in [2.75, 3.05) is 53.1 Å². The Balaban J connectivity index is -0.0000000272. The molecule has 0 heterocycles. The molecule has 0 rings (SSSR count). The minimum Gasteiger partial charge on any atom is -0.388 e. The monoisotopic (exact) mass is 714 g/mol. The molecule has 0 aliphatic heterocycles. The summed E-state index contributed by atoms with van der Waals surface area (Å²) in [7, 11) is 1.08. The van der Waals surface area contributed by atoms with Crippen LogP contribution >= 0.6 is 11.8 Å². The van der Waals surface area contributed by atoms with Crippen molar-refractivity contribution >= 4 is 27.4 Å². The van der Waals surface area contributed by atoms with E-state index in [1.807, 2.05) is 12.5 Å². The van der Waals surface area contributed by atoms with Gasteiger partial charge in [-0.1, -0.05) is 83.1 Å². The number of rotatable bonds is 0. The quantitative estimate of drug-likeness (QED) is 0.234. The van der Waals surface area contributed by atoms with E-state index in [0.717, 1.165) is 12.5 Å². The van der Waals surface area contributed by atoms with Crippen molar-refractivity contribution in [2.45, 2.75) is 130 Å². The van der Waals surface area contributed by atoms with Crippen LogP contribution < -0.4 is 0 Å². The summed E-state index contributed by atoms with van der Waals surface area (Å²) < 4.78 is 113. The SMILES string of the molecule is C.C.CC(C)(C(F)(F)F)C(F)(F)F.CC(C)(C)C.CC(C)=O.CCC.CCC.CCF.CF.COC.CS(C)(=O)=O.CSC. The first-order valence-corrected chi connectivity index (χ1v) is 16.7. The second-order valence-electron chi connectivity index (χ2n) is 10.2. The first kappa shape index (κ1) is 79.1. The topological polar surface area (TPSA) is 60.4 Å². The van der Waals surface area contributed by atoms with Gasteiger partial charge in [-0.25, -0.2) is 8.42 Å². The van der Waals surface area contributed by atoms with Crippen LogP contribution in [0.25, 0.3) is 0 Å². The largest absolute Gasteiger partial charge is 0.402 e. The molecule has 14 heteroatoms. The molecule has 0 amide bonds. The first-order valence-electron chi connectivity index (χ1n) is 12.8. The Morgan fingerprint density at radius 2 is 0.727 bits per heavy atom. The molecule has 0 unspecified atom stereocenters. The number of carbonyl (C=O) groups is 1. The van der Waals surface area contributed by atoms with Crippen LogP contribution in [0, 0.1) is 10.8 Å². The number of alkyl halides is 8. The third kappa shape index (κ3) is 223. The molecule has 0 atom stereocenters. The van der Waals surface area contributed by atoms with E-state index < -0.39 is 27.6 Å². The van der Waals surface area contributed by atoms with Gasteiger partial charge in [0, 0.05) is 26.7 Å². The van der Waals surface area contributed by atoms with E-state index in [1.54, 1.807) is 26.0 Å². The van der Waals surface area contributed by atoms with Crippen LogP contribution in [-0.2, 0) is 19.4 Å². The van der Waals surface area contributed by atoms with E-state index in [9.17, 15) is 48.3 Å². The van der Waals surface area contributed by atoms with E-state index in [-0.39, 0.29) is 41.2 Å². The number of hydrogen-bond acceptors (Lipinski definition) is 5. The molecule has 0 bridgehead atoms. The van der Waals surface area contributed by atoms with Crippen molar-refractivity contribution in [2.24, 2.45) is 10.8 Å². The number of sulfone groups is 1. The summed E-state index contributed by atoms with van der Waals surface area (Å²) in [6.07, 6.45) is -1.59. The summed E-state index contributed by atoms with van der Waals surface area (Å²) >= 11 is 1.75. The normalized spacial score (nSPS) is 9.27. The van der Waals surface area contributed by atoms with E-state index in [0.29, 0.717) is 12.6 Å². The number of hydrogen-bond donors (Lipinski definition) is 0. The van der Waals surface area contributed by atoms with E-state index in [1.165, 1.54) is 33.6 Å². The van der Waals surface area contributed by atoms with Crippen molar-refractivity contribution < 1.29 is 53.1 Å². The Kier molecular flexibility index (Phi) is 93.4. The highest BCUT2D eigenvalue weighted by Gasteiger charge is 2.64. The molecule has 0 aromatic heterocycles. The molecule has 0 saturated heterocycles. The van der Waals surface area contributed by atoms with Crippen molar-refractivity contribution in [3.8, 4) is 0 Å². The zero-order valence-corrected chi connectivity index (χ0v) is 31.7. The molecule has 0 radical (unpaired) electrons. The lowest BCUT2D eigenvalue weighted by molar-refractivity contribution is -0.327. The standard InChI is InChI=1S/C5H6F6.C5H12.C3H6O.2C3H8.C2H5F.C2H6O2S.C2H6O.C2H6S.CH3F.2CH4/c1-3(2,4(6,7)8)5(9,10)11;1-5(2,3)4;1-3(2)4;2*1-3-2;1-2-3;1-5(2,3)4;2*1-3-2;1-2;;/h1-2H3;1-4H3;1-2H3;2*3H2,1-2H3;2H2,1H3;1-2H3;2*1-2H3;1H3;2*1H4. The van der Waals surface area contributed by atoms with Crippen LogP contribution in [0.5, 0.6) is 0 Å². The molecule has 286 valence electrons. The van der Waals surface area contributed by atoms with Crippen LogP contribution in [0.4, 0.5) is 35.1 Å². The van der Waals surface area contributed by atoms with Gasteiger partial charge in [-0.05, 0) is 52.5 Å². The molecular weight excluding hydrogens is 640 g/mol. The lowest BCUT2D eigenvalue weighted by atomic mass is 9.92. The van der Waals surface area contributed by atoms with Gasteiger partial charge in [-0.2, -0.15) is 38.1 Å². The highest BCUT2D eigenvalue weighted by Crippen LogP contribution is 2.49. The number of carbonyl (C=O) groups excluding carboxylic acids is 1. The van der Waals surface area contributed by atoms with Crippen LogP contribution in [0.15, 0.2) is 0 Å². The van der Waals surface area contributed by atoms with Gasteiger partial charge >= 0.3 is 12.4 Å². The van der Waals surface area contributed by atoms with Gasteiger partial charge in [0.15, 0.2) is 5.41 Å². The summed E-state index contributed by atoms with van der Waals surface area (Å²) in [5.41, 5.74) is -3.12. The molecule has 0 fully saturated rings. The highest BCUT2D eigenvalue weighted by atomic mass is 32.2. The fraction of sp³-hybridized carbons (Fsp3) is 0.967. The second kappa shape index (κ2) is 51.9. The van der Waals surface area contributed by atoms with E-state index in [4.69, 9.17) is 0 Å². The van der Waals surface area contributed by atoms with Crippen molar-refractivity contribution in [3.05, 3.63) is 0 Å². The Morgan fingerprint density at radius 1 is 0.682 bits per heavy atom. The maximum absolute atomic E-state index is 11.6. The Labute approximate surface area is 274 Å². The maximum atomic E-state index is 11.6. The van der Waals surface area contributed by atoms with Crippen molar-refractivity contribution in [1.82, 2.24) is 0 Å². The zero-order chi connectivity index (χ0) is 37.6. The molecule has 0 aromatic rings. The zero-order valence-electron chi connectivity index (χ0n) is 30.1. The molecule has 0 aliphatic rings. The van der Waals surface area contributed by atoms with Gasteiger partial charge in [0.25, 0.3) is 0 Å². The Hall–Kier alpha value is -0.630. The van der Waals surface area contributed by atoms with Gasteiger partial charge in [0.05, 0.1) is 13.9 Å². The van der Waals surface area contributed by atoms with Crippen molar-refractivity contribution in [3.63, 3.8) is 0 Å². The van der Waals surface area contributed by atoms with Crippen LogP contribution in [0.1, 0.15) is 118 Å². The third-order valence-electron chi connectivity index (χ3n) is 1.42. The molecule has 0 spiro atoms. The minimum atomic E-state index is -5.24. The second-order valence-corrected chi connectivity index (χ2v) is 13.3. The summed E-state index contributed by atoms with van der Waals surface area (Å²) in [5.74, 6) is 0.167. The van der Waals surface area contributed by atoms with Gasteiger partial charge in [-0.15, -0.1) is 0 Å². The highest BCUT2D eigenvalue weighted by molar-refractivity contribution is 7.97. The number of ether oxygens (including phenoxy) is 1. The fourth-order valence-electron chi connectivity index (χ4n) is 0.161. The van der Waals surface area contributed by atoms with Crippen LogP contribution in [0.2, 0.25) is 0 Å². The summed E-state index contributed by atoms with van der Waals surface area (Å²) in [6, 6.07) is 0. The number of halogens is 8. The number of thioether (sulfide) groups is 1. The van der Waals surface area contributed by atoms with Crippen molar-refractivity contribution in [1.29, 1.82) is 0 Å². The Morgan fingerprint density at radius 3 is 0.727 bits per heavy atom. The lowest BCUT2D eigenvalue weighted by Crippen LogP contribution is -2.44. The summed E-state index contributed by atoms with van der Waals surface area (Å²) in [6.45, 7) is 21.7. The average molecular weight is 715 g/mol. The molecular formula is C30H74F8O4S2. The molecule has 0 aliphatic carbocycles. The van der Waals surface area contributed by atoms with Gasteiger partial charge in [-0.3, -0.25) is 8.78 Å². The van der Waals surface area contributed by atoms with Crippen LogP contribution in [-0.4, -0.2) is 79.6 Å². The number of Topliss-reactive ketones (excluding diaryl/α,β-unsaturated/α-hetero) is 1. The summed E-state index contributed by atoms with van der Waals surface area (Å²) in [5, 5.41) is 0. The molecule has 0 N–H and O–H groups in total. The van der Waals surface area contributed by atoms with Gasteiger partial charge < -0.3 is 9.53 Å².